The monoisotopic (exact) mass is 815 g/mol. The van der Waals surface area contributed by atoms with Gasteiger partial charge < -0.3 is 0 Å². The average Bonchev–Trinajstić information content (AvgIpc) is 3.73. The van der Waals surface area contributed by atoms with Crippen LogP contribution in [0, 0.1) is 0 Å². The molecule has 62 heavy (non-hydrogen) atoms. The quantitative estimate of drug-likeness (QED) is 0.0714. The topological polar surface area (TPSA) is 0 Å². The van der Waals surface area contributed by atoms with Gasteiger partial charge in [0.1, 0.15) is 0 Å². The lowest BCUT2D eigenvalue weighted by Gasteiger charge is -2.37. The summed E-state index contributed by atoms with van der Waals surface area (Å²) < 4.78 is 0. The average molecular weight is 815 g/mol. The summed E-state index contributed by atoms with van der Waals surface area (Å²) in [7, 11) is 0. The Balaban J connectivity index is 1.12. The maximum absolute atomic E-state index is 2.69. The van der Waals surface area contributed by atoms with Crippen LogP contribution in [0.4, 0.5) is 0 Å². The molecule has 0 heterocycles. The van der Waals surface area contributed by atoms with Crippen LogP contribution in [0.5, 0.6) is 0 Å². The molecule has 0 saturated carbocycles. The molecule has 0 aliphatic heterocycles. The second kappa shape index (κ2) is 17.5. The van der Waals surface area contributed by atoms with Crippen LogP contribution in [0.3, 0.4) is 0 Å². The molecule has 6 aromatic carbocycles. The lowest BCUT2D eigenvalue weighted by Crippen LogP contribution is -2.30. The van der Waals surface area contributed by atoms with E-state index in [9.17, 15) is 0 Å². The van der Waals surface area contributed by atoms with Crippen molar-refractivity contribution in [3.05, 3.63) is 176 Å². The SMILES string of the molecule is CCCCCCCCC1(CCCCCCCC)c2cc(-c3ccc4c(c3)C(c3ccc5c(c3)CC5)(c3ccc5c(c3)CC5)c3ccccc3-4)ccc2-c2ccc(C(C)CC)cc21. The molecule has 1 atom stereocenters. The van der Waals surface area contributed by atoms with Gasteiger partial charge in [-0.2, -0.15) is 0 Å². The Labute approximate surface area is 374 Å². The predicted molar refractivity (Wildman–Crippen MR) is 265 cm³/mol. The highest BCUT2D eigenvalue weighted by atomic mass is 14.5. The highest BCUT2D eigenvalue weighted by molar-refractivity contribution is 5.90. The highest BCUT2D eigenvalue weighted by Gasteiger charge is 2.47. The first-order valence-electron chi connectivity index (χ1n) is 25.3. The van der Waals surface area contributed by atoms with Crippen LogP contribution in [0.1, 0.15) is 191 Å². The molecule has 10 rings (SSSR count). The van der Waals surface area contributed by atoms with Crippen LogP contribution in [0.2, 0.25) is 0 Å². The molecule has 4 aliphatic carbocycles. The second-order valence-corrected chi connectivity index (χ2v) is 20.0. The van der Waals surface area contributed by atoms with Crippen LogP contribution >= 0.6 is 0 Å². The number of hydrogen-bond acceptors (Lipinski definition) is 0. The van der Waals surface area contributed by atoms with E-state index in [1.807, 2.05) is 0 Å². The summed E-state index contributed by atoms with van der Waals surface area (Å²) in [4.78, 5) is 0. The number of rotatable bonds is 19. The summed E-state index contributed by atoms with van der Waals surface area (Å²) in [6.45, 7) is 9.46. The van der Waals surface area contributed by atoms with Gasteiger partial charge >= 0.3 is 0 Å². The van der Waals surface area contributed by atoms with Gasteiger partial charge in [0.2, 0.25) is 0 Å². The third-order valence-corrected chi connectivity index (χ3v) is 16.5. The van der Waals surface area contributed by atoms with Crippen molar-refractivity contribution >= 4 is 0 Å². The Kier molecular flexibility index (Phi) is 11.6. The summed E-state index contributed by atoms with van der Waals surface area (Å²) in [6.07, 6.45) is 24.6. The van der Waals surface area contributed by atoms with E-state index in [4.69, 9.17) is 0 Å². The van der Waals surface area contributed by atoms with Crippen molar-refractivity contribution in [1.82, 2.24) is 0 Å². The van der Waals surface area contributed by atoms with Gasteiger partial charge in [-0.1, -0.05) is 208 Å². The van der Waals surface area contributed by atoms with Gasteiger partial charge in [0.05, 0.1) is 5.41 Å². The van der Waals surface area contributed by atoms with E-state index in [1.165, 1.54) is 205 Å². The van der Waals surface area contributed by atoms with E-state index in [0.717, 1.165) is 0 Å². The zero-order chi connectivity index (χ0) is 42.3. The Hall–Kier alpha value is -4.68. The van der Waals surface area contributed by atoms with Crippen LogP contribution in [0.25, 0.3) is 33.4 Å². The number of aryl methyl sites for hydroxylation is 4. The lowest BCUT2D eigenvalue weighted by atomic mass is 9.65. The minimum atomic E-state index is -0.365. The molecular formula is C62H70. The lowest BCUT2D eigenvalue weighted by molar-refractivity contribution is 0.397. The molecule has 1 unspecified atom stereocenters. The molecule has 0 spiro atoms. The first-order valence-corrected chi connectivity index (χ1v) is 25.3. The van der Waals surface area contributed by atoms with Crippen molar-refractivity contribution in [1.29, 1.82) is 0 Å². The van der Waals surface area contributed by atoms with E-state index in [0.29, 0.717) is 5.92 Å². The van der Waals surface area contributed by atoms with Gasteiger partial charge in [-0.05, 0) is 158 Å². The van der Waals surface area contributed by atoms with Gasteiger partial charge in [-0.3, -0.25) is 0 Å². The smallest absolute Gasteiger partial charge is 0.0654 e. The van der Waals surface area contributed by atoms with Crippen LogP contribution < -0.4 is 0 Å². The Morgan fingerprint density at radius 2 is 0.903 bits per heavy atom. The van der Waals surface area contributed by atoms with Crippen molar-refractivity contribution in [2.24, 2.45) is 0 Å². The molecule has 0 amide bonds. The summed E-state index contributed by atoms with van der Waals surface area (Å²) in [5.74, 6) is 0.568. The van der Waals surface area contributed by atoms with Crippen molar-refractivity contribution in [3.8, 4) is 33.4 Å². The van der Waals surface area contributed by atoms with Gasteiger partial charge in [0.25, 0.3) is 0 Å². The molecule has 0 heteroatoms. The van der Waals surface area contributed by atoms with Crippen molar-refractivity contribution in [3.63, 3.8) is 0 Å². The van der Waals surface area contributed by atoms with Gasteiger partial charge in [0.15, 0.2) is 0 Å². The minimum Gasteiger partial charge on any atom is -0.0654 e. The zero-order valence-corrected chi connectivity index (χ0v) is 38.5. The molecule has 318 valence electrons. The molecule has 0 nitrogen and oxygen atoms in total. The molecule has 0 bridgehead atoms. The fourth-order valence-electron chi connectivity index (χ4n) is 12.4. The number of fused-ring (bicyclic) bond motifs is 8. The first kappa shape index (κ1) is 41.3. The molecule has 0 radical (unpaired) electrons. The zero-order valence-electron chi connectivity index (χ0n) is 38.5. The second-order valence-electron chi connectivity index (χ2n) is 20.0. The minimum absolute atomic E-state index is 0.0498. The Morgan fingerprint density at radius 1 is 0.419 bits per heavy atom. The standard InChI is InChI=1S/C62H70/c1-5-8-10-12-14-18-36-61(37-19-15-13-11-9-6-2)58-40-46(43(4)7-3)28-33-54(58)55-34-29-49(41-59(55)61)50-30-35-56-53-20-16-17-21-57(53)62(60(56)42-50,51-31-26-44-22-24-47(44)38-51)52-32-27-45-23-25-48(45)39-52/h16-17,20-21,26-35,38-43H,5-15,18-19,22-25,36-37H2,1-4H3. The Bertz CT molecular complexity index is 2510. The summed E-state index contributed by atoms with van der Waals surface area (Å²) in [6, 6.07) is 47.3. The molecule has 4 aliphatic rings. The summed E-state index contributed by atoms with van der Waals surface area (Å²) >= 11 is 0. The summed E-state index contributed by atoms with van der Waals surface area (Å²) in [5, 5.41) is 0. The summed E-state index contributed by atoms with van der Waals surface area (Å²) in [5.41, 5.74) is 24.8. The maximum atomic E-state index is 2.69. The normalized spacial score (nSPS) is 16.0. The number of unbranched alkanes of at least 4 members (excludes halogenated alkanes) is 10. The van der Waals surface area contributed by atoms with Gasteiger partial charge in [-0.25, -0.2) is 0 Å². The highest BCUT2D eigenvalue weighted by Crippen LogP contribution is 2.59. The van der Waals surface area contributed by atoms with E-state index < -0.39 is 0 Å². The van der Waals surface area contributed by atoms with E-state index >= 15 is 0 Å². The molecule has 0 N–H and O–H groups in total. The molecule has 0 aromatic heterocycles. The third kappa shape index (κ3) is 6.94. The van der Waals surface area contributed by atoms with E-state index in [-0.39, 0.29) is 10.8 Å². The molecular weight excluding hydrogens is 745 g/mol. The first-order chi connectivity index (χ1) is 30.5. The molecule has 6 aromatic rings. The van der Waals surface area contributed by atoms with Gasteiger partial charge in [0, 0.05) is 5.41 Å². The van der Waals surface area contributed by atoms with Crippen LogP contribution in [-0.2, 0) is 36.5 Å². The van der Waals surface area contributed by atoms with Crippen molar-refractivity contribution < 1.29 is 0 Å². The fourth-order valence-corrected chi connectivity index (χ4v) is 12.4. The number of benzene rings is 6. The fraction of sp³-hybridized carbons (Fsp3) is 0.419. The molecule has 0 fully saturated rings. The van der Waals surface area contributed by atoms with Crippen LogP contribution in [0.15, 0.2) is 115 Å². The van der Waals surface area contributed by atoms with Crippen LogP contribution in [-0.4, -0.2) is 0 Å². The predicted octanol–water partition coefficient (Wildman–Crippen LogP) is 17.2. The largest absolute Gasteiger partial charge is 0.0713 e. The third-order valence-electron chi connectivity index (χ3n) is 16.5. The van der Waals surface area contributed by atoms with E-state index in [1.54, 1.807) is 11.1 Å². The number of hydrogen-bond donors (Lipinski definition) is 0. The molecule has 0 saturated heterocycles. The van der Waals surface area contributed by atoms with E-state index in [2.05, 4.69) is 143 Å². The van der Waals surface area contributed by atoms with Crippen molar-refractivity contribution in [2.75, 3.05) is 0 Å². The maximum Gasteiger partial charge on any atom is 0.0713 e. The van der Waals surface area contributed by atoms with Gasteiger partial charge in [-0.15, -0.1) is 0 Å². The van der Waals surface area contributed by atoms with Crippen molar-refractivity contribution in [2.45, 2.75) is 166 Å². The Morgan fingerprint density at radius 3 is 1.45 bits per heavy atom.